The molecule has 4 heteroatoms. The molecule has 2 aromatic rings. The van der Waals surface area contributed by atoms with Gasteiger partial charge in [-0.2, -0.15) is 0 Å². The van der Waals surface area contributed by atoms with E-state index in [0.717, 1.165) is 28.6 Å². The molecular weight excluding hydrogens is 244 g/mol. The maximum absolute atomic E-state index is 5.29. The number of nitrogens with one attached hydrogen (secondary N) is 1. The first-order valence-electron chi connectivity index (χ1n) is 5.91. The molecule has 1 aromatic carbocycles. The van der Waals surface area contributed by atoms with Crippen LogP contribution in [0.15, 0.2) is 18.2 Å². The molecule has 0 aliphatic rings. The second-order valence-corrected chi connectivity index (χ2v) is 5.43. The Kier molecular flexibility index (Phi) is 3.99. The number of rotatable bonds is 4. The van der Waals surface area contributed by atoms with Crippen molar-refractivity contribution in [2.45, 2.75) is 20.4 Å². The minimum atomic E-state index is 0.796. The minimum Gasteiger partial charge on any atom is -0.496 e. The van der Waals surface area contributed by atoms with Crippen LogP contribution in [0.4, 0.5) is 0 Å². The highest BCUT2D eigenvalue weighted by molar-refractivity contribution is 7.15. The van der Waals surface area contributed by atoms with Gasteiger partial charge in [0.05, 0.1) is 22.7 Å². The van der Waals surface area contributed by atoms with Crippen LogP contribution in [0.1, 0.15) is 16.3 Å². The SMILES string of the molecule is CNCc1nc(C)sc1-c1ccc(OC)c(C)c1. The van der Waals surface area contributed by atoms with Crippen LogP contribution in [-0.2, 0) is 6.54 Å². The van der Waals surface area contributed by atoms with E-state index < -0.39 is 0 Å². The lowest BCUT2D eigenvalue weighted by molar-refractivity contribution is 0.412. The van der Waals surface area contributed by atoms with Crippen LogP contribution in [-0.4, -0.2) is 19.1 Å². The van der Waals surface area contributed by atoms with E-state index in [2.05, 4.69) is 29.4 Å². The summed E-state index contributed by atoms with van der Waals surface area (Å²) in [6.45, 7) is 4.91. The maximum atomic E-state index is 5.29. The van der Waals surface area contributed by atoms with Gasteiger partial charge in [-0.1, -0.05) is 0 Å². The Labute approximate surface area is 112 Å². The van der Waals surface area contributed by atoms with Gasteiger partial charge in [-0.15, -0.1) is 11.3 Å². The van der Waals surface area contributed by atoms with Crippen LogP contribution in [0.5, 0.6) is 5.75 Å². The third-order valence-corrected chi connectivity index (χ3v) is 3.87. The molecule has 0 saturated carbocycles. The van der Waals surface area contributed by atoms with Crippen molar-refractivity contribution >= 4 is 11.3 Å². The summed E-state index contributed by atoms with van der Waals surface area (Å²) >= 11 is 1.74. The number of benzene rings is 1. The molecule has 0 radical (unpaired) electrons. The molecule has 3 nitrogen and oxygen atoms in total. The molecule has 0 unspecified atom stereocenters. The average molecular weight is 262 g/mol. The van der Waals surface area contributed by atoms with E-state index in [1.54, 1.807) is 18.4 Å². The Hall–Kier alpha value is -1.39. The van der Waals surface area contributed by atoms with Gasteiger partial charge in [0.25, 0.3) is 0 Å². The number of hydrogen-bond acceptors (Lipinski definition) is 4. The molecule has 0 spiro atoms. The van der Waals surface area contributed by atoms with Crippen LogP contribution >= 0.6 is 11.3 Å². The van der Waals surface area contributed by atoms with Crippen LogP contribution in [0, 0.1) is 13.8 Å². The quantitative estimate of drug-likeness (QED) is 0.919. The van der Waals surface area contributed by atoms with Gasteiger partial charge in [0.1, 0.15) is 5.75 Å². The molecule has 0 bridgehead atoms. The van der Waals surface area contributed by atoms with Crippen LogP contribution in [0.2, 0.25) is 0 Å². The van der Waals surface area contributed by atoms with Crippen molar-refractivity contribution in [1.29, 1.82) is 0 Å². The number of hydrogen-bond donors (Lipinski definition) is 1. The summed E-state index contributed by atoms with van der Waals surface area (Å²) in [5, 5.41) is 4.26. The monoisotopic (exact) mass is 262 g/mol. The standard InChI is InChI=1S/C14H18N2OS/c1-9-7-11(5-6-13(9)17-4)14-12(8-15-3)16-10(2)18-14/h5-7,15H,8H2,1-4H3. The van der Waals surface area contributed by atoms with Crippen molar-refractivity contribution in [3.8, 4) is 16.2 Å². The van der Waals surface area contributed by atoms with E-state index in [0.29, 0.717) is 0 Å². The fraction of sp³-hybridized carbons (Fsp3) is 0.357. The van der Waals surface area contributed by atoms with E-state index in [4.69, 9.17) is 4.74 Å². The first-order chi connectivity index (χ1) is 8.65. The third kappa shape index (κ3) is 2.54. The van der Waals surface area contributed by atoms with E-state index in [1.807, 2.05) is 20.0 Å². The summed E-state index contributed by atoms with van der Waals surface area (Å²) in [6.07, 6.45) is 0. The average Bonchev–Trinajstić information content (AvgIpc) is 2.71. The van der Waals surface area contributed by atoms with Gasteiger partial charge < -0.3 is 10.1 Å². The summed E-state index contributed by atoms with van der Waals surface area (Å²) in [6, 6.07) is 6.27. The summed E-state index contributed by atoms with van der Waals surface area (Å²) < 4.78 is 5.29. The highest BCUT2D eigenvalue weighted by atomic mass is 32.1. The lowest BCUT2D eigenvalue weighted by Crippen LogP contribution is -2.06. The molecule has 18 heavy (non-hydrogen) atoms. The number of methoxy groups -OCH3 is 1. The Morgan fingerprint density at radius 1 is 1.33 bits per heavy atom. The van der Waals surface area contributed by atoms with Crippen LogP contribution in [0.25, 0.3) is 10.4 Å². The fourth-order valence-corrected chi connectivity index (χ4v) is 2.93. The Bertz CT molecular complexity index is 549. The topological polar surface area (TPSA) is 34.2 Å². The van der Waals surface area contributed by atoms with Crippen LogP contribution in [0.3, 0.4) is 0 Å². The highest BCUT2D eigenvalue weighted by Crippen LogP contribution is 2.32. The zero-order valence-corrected chi connectivity index (χ0v) is 12.0. The second kappa shape index (κ2) is 5.50. The zero-order valence-electron chi connectivity index (χ0n) is 11.2. The Morgan fingerprint density at radius 3 is 2.72 bits per heavy atom. The molecule has 0 saturated heterocycles. The molecule has 2 rings (SSSR count). The van der Waals surface area contributed by atoms with Gasteiger partial charge in [0, 0.05) is 6.54 Å². The van der Waals surface area contributed by atoms with Crippen molar-refractivity contribution in [1.82, 2.24) is 10.3 Å². The predicted octanol–water partition coefficient (Wildman–Crippen LogP) is 3.15. The third-order valence-electron chi connectivity index (χ3n) is 2.81. The van der Waals surface area contributed by atoms with Gasteiger partial charge in [0.2, 0.25) is 0 Å². The largest absolute Gasteiger partial charge is 0.496 e. The summed E-state index contributed by atoms with van der Waals surface area (Å²) in [7, 11) is 3.64. The van der Waals surface area contributed by atoms with Crippen molar-refractivity contribution in [3.63, 3.8) is 0 Å². The predicted molar refractivity (Wildman–Crippen MR) is 76.3 cm³/mol. The molecule has 0 amide bonds. The maximum Gasteiger partial charge on any atom is 0.121 e. The van der Waals surface area contributed by atoms with E-state index in [-0.39, 0.29) is 0 Å². The smallest absolute Gasteiger partial charge is 0.121 e. The summed E-state index contributed by atoms with van der Waals surface area (Å²) in [5.41, 5.74) is 3.48. The van der Waals surface area contributed by atoms with Gasteiger partial charge in [-0.3, -0.25) is 0 Å². The van der Waals surface area contributed by atoms with Gasteiger partial charge >= 0.3 is 0 Å². The first-order valence-corrected chi connectivity index (χ1v) is 6.73. The lowest BCUT2D eigenvalue weighted by atomic mass is 10.1. The lowest BCUT2D eigenvalue weighted by Gasteiger charge is -2.07. The number of nitrogens with zero attached hydrogens (tertiary/aromatic N) is 1. The Balaban J connectivity index is 2.44. The van der Waals surface area contributed by atoms with Gasteiger partial charge in [-0.25, -0.2) is 4.98 Å². The number of aryl methyl sites for hydroxylation is 2. The molecule has 0 fully saturated rings. The van der Waals surface area contributed by atoms with Gasteiger partial charge in [0.15, 0.2) is 0 Å². The first kappa shape index (κ1) is 13.1. The minimum absolute atomic E-state index is 0.796. The Morgan fingerprint density at radius 2 is 2.11 bits per heavy atom. The van der Waals surface area contributed by atoms with Gasteiger partial charge in [-0.05, 0) is 50.2 Å². The summed E-state index contributed by atoms with van der Waals surface area (Å²) in [5.74, 6) is 0.926. The number of ether oxygens (including phenoxy) is 1. The summed E-state index contributed by atoms with van der Waals surface area (Å²) in [4.78, 5) is 5.82. The fourth-order valence-electron chi connectivity index (χ4n) is 2.00. The molecule has 0 aliphatic carbocycles. The van der Waals surface area contributed by atoms with Crippen molar-refractivity contribution < 1.29 is 4.74 Å². The normalized spacial score (nSPS) is 10.7. The molecule has 0 aliphatic heterocycles. The highest BCUT2D eigenvalue weighted by Gasteiger charge is 2.11. The molecule has 96 valence electrons. The molecular formula is C14H18N2OS. The molecule has 1 N–H and O–H groups in total. The number of aromatic nitrogens is 1. The van der Waals surface area contributed by atoms with E-state index in [9.17, 15) is 0 Å². The molecule has 1 heterocycles. The molecule has 1 aromatic heterocycles. The van der Waals surface area contributed by atoms with Crippen LogP contribution < -0.4 is 10.1 Å². The van der Waals surface area contributed by atoms with Crippen molar-refractivity contribution in [2.24, 2.45) is 0 Å². The van der Waals surface area contributed by atoms with E-state index in [1.165, 1.54) is 10.4 Å². The number of thiazole rings is 1. The van der Waals surface area contributed by atoms with Crippen molar-refractivity contribution in [2.75, 3.05) is 14.2 Å². The van der Waals surface area contributed by atoms with Crippen molar-refractivity contribution in [3.05, 3.63) is 34.5 Å². The van der Waals surface area contributed by atoms with E-state index >= 15 is 0 Å². The zero-order chi connectivity index (χ0) is 13.1. The molecule has 0 atom stereocenters. The second-order valence-electron chi connectivity index (χ2n) is 4.22.